The van der Waals surface area contributed by atoms with Crippen LogP contribution >= 0.6 is 24.0 Å². The Labute approximate surface area is 152 Å². The van der Waals surface area contributed by atoms with E-state index in [0.29, 0.717) is 18.9 Å². The van der Waals surface area contributed by atoms with E-state index in [1.54, 1.807) is 12.1 Å². The Hall–Kier alpha value is -1.32. The van der Waals surface area contributed by atoms with Gasteiger partial charge in [-0.15, -0.1) is 24.0 Å². The summed E-state index contributed by atoms with van der Waals surface area (Å²) >= 11 is 0. The van der Waals surface area contributed by atoms with Crippen LogP contribution in [0.4, 0.5) is 8.78 Å². The molecule has 132 valence electrons. The van der Waals surface area contributed by atoms with E-state index in [-0.39, 0.29) is 35.5 Å². The van der Waals surface area contributed by atoms with E-state index in [2.05, 4.69) is 9.73 Å². The predicted molar refractivity (Wildman–Crippen MR) is 98.2 cm³/mol. The van der Waals surface area contributed by atoms with Crippen molar-refractivity contribution in [2.24, 2.45) is 10.7 Å². The van der Waals surface area contributed by atoms with Gasteiger partial charge in [0, 0.05) is 19.6 Å². The highest BCUT2D eigenvalue weighted by atomic mass is 127. The second kappa shape index (κ2) is 11.3. The zero-order chi connectivity index (χ0) is 16.5. The summed E-state index contributed by atoms with van der Waals surface area (Å²) in [5, 5.41) is 0. The van der Waals surface area contributed by atoms with Gasteiger partial charge in [-0.05, 0) is 38.0 Å². The molecule has 0 aliphatic rings. The minimum absolute atomic E-state index is 0. The number of halogens is 3. The lowest BCUT2D eigenvalue weighted by atomic mass is 10.1. The van der Waals surface area contributed by atoms with Crippen LogP contribution in [0.5, 0.6) is 11.5 Å². The van der Waals surface area contributed by atoms with Crippen LogP contribution in [0, 0.1) is 0 Å². The molecule has 0 atom stereocenters. The fourth-order valence-electron chi connectivity index (χ4n) is 2.01. The van der Waals surface area contributed by atoms with Crippen LogP contribution in [0.1, 0.15) is 19.4 Å². The number of nitrogens with two attached hydrogens (primary N) is 1. The van der Waals surface area contributed by atoms with Crippen molar-refractivity contribution in [1.82, 2.24) is 4.90 Å². The number of benzene rings is 1. The summed E-state index contributed by atoms with van der Waals surface area (Å²) in [6.45, 7) is 3.18. The van der Waals surface area contributed by atoms with Gasteiger partial charge in [0.15, 0.2) is 17.5 Å². The lowest BCUT2D eigenvalue weighted by molar-refractivity contribution is -0.0512. The number of ether oxygens (including phenoxy) is 2. The quantitative estimate of drug-likeness (QED) is 0.381. The van der Waals surface area contributed by atoms with Gasteiger partial charge in [0.05, 0.1) is 7.11 Å². The number of guanidine groups is 1. The average molecular weight is 443 g/mol. The first-order valence-electron chi connectivity index (χ1n) is 7.18. The molecule has 1 aromatic carbocycles. The third kappa shape index (κ3) is 7.19. The number of aliphatic imine (C=N–C) groups is 1. The van der Waals surface area contributed by atoms with Crippen molar-refractivity contribution in [1.29, 1.82) is 0 Å². The summed E-state index contributed by atoms with van der Waals surface area (Å²) in [6.07, 6.45) is 0.575. The first kappa shape index (κ1) is 21.7. The third-order valence-corrected chi connectivity index (χ3v) is 3.21. The smallest absolute Gasteiger partial charge is 0.387 e. The Balaban J connectivity index is 0.00000484. The van der Waals surface area contributed by atoms with Gasteiger partial charge in [0.2, 0.25) is 0 Å². The van der Waals surface area contributed by atoms with Crippen molar-refractivity contribution in [2.45, 2.75) is 26.9 Å². The Morgan fingerprint density at radius 2 is 1.91 bits per heavy atom. The lowest BCUT2D eigenvalue weighted by Gasteiger charge is -2.19. The monoisotopic (exact) mass is 443 g/mol. The minimum Gasteiger partial charge on any atom is -0.493 e. The van der Waals surface area contributed by atoms with E-state index >= 15 is 0 Å². The highest BCUT2D eigenvalue weighted by Crippen LogP contribution is 2.29. The molecular formula is C15H24F2IN3O2. The zero-order valence-corrected chi connectivity index (χ0v) is 15.9. The molecule has 5 nitrogen and oxygen atoms in total. The van der Waals surface area contributed by atoms with Crippen molar-refractivity contribution in [2.75, 3.05) is 26.7 Å². The molecule has 0 saturated heterocycles. The second-order valence-electron chi connectivity index (χ2n) is 4.53. The Bertz CT molecular complexity index is 498. The molecule has 0 unspecified atom stereocenters. The fourth-order valence-corrected chi connectivity index (χ4v) is 2.01. The summed E-state index contributed by atoms with van der Waals surface area (Å²) in [6, 6.07) is 4.93. The van der Waals surface area contributed by atoms with E-state index in [4.69, 9.17) is 10.5 Å². The number of hydrogen-bond acceptors (Lipinski definition) is 3. The number of rotatable bonds is 8. The Kier molecular flexibility index (Phi) is 10.6. The largest absolute Gasteiger partial charge is 0.493 e. The number of alkyl halides is 2. The average Bonchev–Trinajstić information content (AvgIpc) is 2.48. The molecule has 0 aromatic heterocycles. The normalized spacial score (nSPS) is 11.1. The molecule has 0 amide bonds. The van der Waals surface area contributed by atoms with Gasteiger partial charge < -0.3 is 20.1 Å². The molecule has 2 N–H and O–H groups in total. The minimum atomic E-state index is -2.89. The summed E-state index contributed by atoms with van der Waals surface area (Å²) in [7, 11) is 1.41. The first-order chi connectivity index (χ1) is 10.5. The maximum absolute atomic E-state index is 12.4. The van der Waals surface area contributed by atoms with Crippen LogP contribution in [-0.4, -0.2) is 44.2 Å². The van der Waals surface area contributed by atoms with Crippen molar-refractivity contribution in [3.63, 3.8) is 0 Å². The van der Waals surface area contributed by atoms with E-state index in [9.17, 15) is 8.78 Å². The van der Waals surface area contributed by atoms with Crippen LogP contribution in [0.3, 0.4) is 0 Å². The molecule has 0 bridgehead atoms. The molecule has 0 radical (unpaired) electrons. The molecule has 0 heterocycles. The Morgan fingerprint density at radius 3 is 2.43 bits per heavy atom. The van der Waals surface area contributed by atoms with E-state index in [1.807, 2.05) is 18.7 Å². The summed E-state index contributed by atoms with van der Waals surface area (Å²) in [5.74, 6) is 0.786. The van der Waals surface area contributed by atoms with Crippen LogP contribution in [-0.2, 0) is 6.42 Å². The highest BCUT2D eigenvalue weighted by molar-refractivity contribution is 14.0. The predicted octanol–water partition coefficient (Wildman–Crippen LogP) is 3.11. The zero-order valence-electron chi connectivity index (χ0n) is 13.6. The first-order valence-corrected chi connectivity index (χ1v) is 7.18. The number of nitrogens with zero attached hydrogens (tertiary/aromatic N) is 2. The summed E-state index contributed by atoms with van der Waals surface area (Å²) in [5.41, 5.74) is 6.70. The topological polar surface area (TPSA) is 60.1 Å². The molecule has 1 rings (SSSR count). The van der Waals surface area contributed by atoms with Gasteiger partial charge in [-0.25, -0.2) is 0 Å². The van der Waals surface area contributed by atoms with E-state index in [0.717, 1.165) is 18.7 Å². The molecule has 1 aromatic rings. The second-order valence-corrected chi connectivity index (χ2v) is 4.53. The van der Waals surface area contributed by atoms with Crippen molar-refractivity contribution in [3.8, 4) is 11.5 Å². The SMILES string of the molecule is CCN(CC)C(N)=NCCc1ccc(OC)c(OC(F)F)c1.I. The third-order valence-electron chi connectivity index (χ3n) is 3.21. The fraction of sp³-hybridized carbons (Fsp3) is 0.533. The van der Waals surface area contributed by atoms with Crippen molar-refractivity contribution in [3.05, 3.63) is 23.8 Å². The standard InChI is InChI=1S/C15H23F2N3O2.HI/c1-4-20(5-2)15(18)19-9-8-11-6-7-12(21-3)13(10-11)22-14(16)17;/h6-7,10,14H,4-5,8-9H2,1-3H3,(H2,18,19);1H. The van der Waals surface area contributed by atoms with Gasteiger partial charge in [-0.3, -0.25) is 4.99 Å². The molecule has 0 fully saturated rings. The Morgan fingerprint density at radius 1 is 1.26 bits per heavy atom. The van der Waals surface area contributed by atoms with E-state index in [1.165, 1.54) is 13.2 Å². The van der Waals surface area contributed by atoms with Gasteiger partial charge in [0.1, 0.15) is 0 Å². The van der Waals surface area contributed by atoms with E-state index < -0.39 is 6.61 Å². The molecule has 23 heavy (non-hydrogen) atoms. The van der Waals surface area contributed by atoms with Gasteiger partial charge in [0.25, 0.3) is 0 Å². The lowest BCUT2D eigenvalue weighted by Crippen LogP contribution is -2.37. The van der Waals surface area contributed by atoms with Crippen molar-refractivity contribution < 1.29 is 18.3 Å². The van der Waals surface area contributed by atoms with Crippen molar-refractivity contribution >= 4 is 29.9 Å². The number of methoxy groups -OCH3 is 1. The van der Waals surface area contributed by atoms with Crippen LogP contribution in [0.15, 0.2) is 23.2 Å². The molecule has 0 spiro atoms. The summed E-state index contributed by atoms with van der Waals surface area (Å²) < 4.78 is 34.2. The van der Waals surface area contributed by atoms with Crippen LogP contribution in [0.2, 0.25) is 0 Å². The van der Waals surface area contributed by atoms with Crippen LogP contribution < -0.4 is 15.2 Å². The van der Waals surface area contributed by atoms with Gasteiger partial charge >= 0.3 is 6.61 Å². The maximum Gasteiger partial charge on any atom is 0.387 e. The summed E-state index contributed by atoms with van der Waals surface area (Å²) in [4.78, 5) is 6.24. The maximum atomic E-state index is 12.4. The van der Waals surface area contributed by atoms with Crippen LogP contribution in [0.25, 0.3) is 0 Å². The molecule has 8 heteroatoms. The molecule has 0 aliphatic heterocycles. The number of hydrogen-bond donors (Lipinski definition) is 1. The molecule has 0 saturated carbocycles. The molecule has 0 aliphatic carbocycles. The highest BCUT2D eigenvalue weighted by Gasteiger charge is 2.11. The van der Waals surface area contributed by atoms with Gasteiger partial charge in [-0.1, -0.05) is 6.07 Å². The van der Waals surface area contributed by atoms with Gasteiger partial charge in [-0.2, -0.15) is 8.78 Å². The molecular weight excluding hydrogens is 419 g/mol.